The Hall–Kier alpha value is -7.75. The van der Waals surface area contributed by atoms with Gasteiger partial charge in [-0.15, -0.1) is 0 Å². The molecule has 1 heterocycles. The number of hydrogen-bond acceptors (Lipinski definition) is 3. The first-order chi connectivity index (χ1) is 28.7. The van der Waals surface area contributed by atoms with Gasteiger partial charge < -0.3 is 0 Å². The summed E-state index contributed by atoms with van der Waals surface area (Å²) in [5.41, 5.74) is 14.5. The maximum absolute atomic E-state index is 5.01. The number of nitrogens with zero attached hydrogens (tertiary/aromatic N) is 3. The van der Waals surface area contributed by atoms with Crippen molar-refractivity contribution in [3.8, 4) is 89.8 Å². The van der Waals surface area contributed by atoms with E-state index in [1.165, 1.54) is 38.6 Å². The van der Waals surface area contributed by atoms with Crippen LogP contribution in [0.15, 0.2) is 224 Å². The van der Waals surface area contributed by atoms with E-state index >= 15 is 0 Å². The monoisotopic (exact) mass is 739 g/mol. The van der Waals surface area contributed by atoms with Crippen LogP contribution in [-0.4, -0.2) is 15.0 Å². The molecule has 0 fully saturated rings. The molecule has 0 saturated heterocycles. The molecule has 0 unspecified atom stereocenters. The molecule has 3 heteroatoms. The van der Waals surface area contributed by atoms with Gasteiger partial charge in [0.15, 0.2) is 17.5 Å². The van der Waals surface area contributed by atoms with Crippen LogP contribution in [0.4, 0.5) is 0 Å². The molecule has 0 bridgehead atoms. The summed E-state index contributed by atoms with van der Waals surface area (Å²) in [5, 5.41) is 2.52. The van der Waals surface area contributed by atoms with Crippen LogP contribution >= 0.6 is 0 Å². The molecule has 10 rings (SSSR count). The van der Waals surface area contributed by atoms with Gasteiger partial charge in [0.05, 0.1) is 0 Å². The Morgan fingerprint density at radius 2 is 0.552 bits per heavy atom. The highest BCUT2D eigenvalue weighted by molar-refractivity contribution is 5.97. The lowest BCUT2D eigenvalue weighted by atomic mass is 9.92. The SMILES string of the molecule is c1ccc(-c2cc(-c3ccc(-c4ccc(-c5cccc6ccccc56)cc4)cc3)cc(-c3cccc(-c4nc(-c5ccccc5)nc(-c5ccccc5)n4)c3)c2)cc1. The average molecular weight is 740 g/mol. The van der Waals surface area contributed by atoms with Gasteiger partial charge in [0.25, 0.3) is 0 Å². The van der Waals surface area contributed by atoms with Crippen LogP contribution in [0.2, 0.25) is 0 Å². The Morgan fingerprint density at radius 1 is 0.207 bits per heavy atom. The minimum atomic E-state index is 0.634. The largest absolute Gasteiger partial charge is 0.208 e. The van der Waals surface area contributed by atoms with Crippen molar-refractivity contribution < 1.29 is 0 Å². The van der Waals surface area contributed by atoms with Crippen LogP contribution in [0.3, 0.4) is 0 Å². The van der Waals surface area contributed by atoms with Crippen molar-refractivity contribution in [2.75, 3.05) is 0 Å². The summed E-state index contributed by atoms with van der Waals surface area (Å²) in [6.45, 7) is 0. The zero-order valence-electron chi connectivity index (χ0n) is 31.7. The number of rotatable bonds is 8. The Kier molecular flexibility index (Phi) is 9.23. The van der Waals surface area contributed by atoms with E-state index < -0.39 is 0 Å². The molecule has 0 N–H and O–H groups in total. The van der Waals surface area contributed by atoms with E-state index in [2.05, 4.69) is 164 Å². The highest BCUT2D eigenvalue weighted by atomic mass is 15.0. The predicted octanol–water partition coefficient (Wildman–Crippen LogP) is 14.4. The summed E-state index contributed by atoms with van der Waals surface area (Å²) in [7, 11) is 0. The molecule has 272 valence electrons. The third-order valence-corrected chi connectivity index (χ3v) is 10.7. The Labute approximate surface area is 338 Å². The molecule has 9 aromatic carbocycles. The lowest BCUT2D eigenvalue weighted by Gasteiger charge is -2.13. The van der Waals surface area contributed by atoms with Crippen LogP contribution in [0.5, 0.6) is 0 Å². The standard InChI is InChI=1S/C55H37N3/c1-4-14-38(15-5-1)48-35-49(41-28-26-39(27-29-41)40-30-32-43(33-31-40)52-25-13-21-42-16-10-11-24-51(42)52)37-50(36-48)46-22-12-23-47(34-46)55-57-53(44-17-6-2-7-18-44)56-54(58-55)45-19-8-3-9-20-45/h1-37H. The van der Waals surface area contributed by atoms with E-state index in [9.17, 15) is 0 Å². The maximum atomic E-state index is 5.01. The van der Waals surface area contributed by atoms with Gasteiger partial charge in [-0.1, -0.05) is 200 Å². The maximum Gasteiger partial charge on any atom is 0.164 e. The van der Waals surface area contributed by atoms with Crippen molar-refractivity contribution in [1.29, 1.82) is 0 Å². The van der Waals surface area contributed by atoms with Crippen LogP contribution in [0.1, 0.15) is 0 Å². The van der Waals surface area contributed by atoms with E-state index in [-0.39, 0.29) is 0 Å². The zero-order valence-corrected chi connectivity index (χ0v) is 31.7. The fourth-order valence-electron chi connectivity index (χ4n) is 7.71. The molecular formula is C55H37N3. The van der Waals surface area contributed by atoms with E-state index in [4.69, 9.17) is 15.0 Å². The second kappa shape index (κ2) is 15.4. The summed E-state index contributed by atoms with van der Waals surface area (Å²) in [4.78, 5) is 14.9. The van der Waals surface area contributed by atoms with E-state index in [1.807, 2.05) is 60.7 Å². The Morgan fingerprint density at radius 3 is 1.12 bits per heavy atom. The van der Waals surface area contributed by atoms with Crippen LogP contribution < -0.4 is 0 Å². The third-order valence-electron chi connectivity index (χ3n) is 10.7. The summed E-state index contributed by atoms with van der Waals surface area (Å²) in [6, 6.07) is 79.1. The summed E-state index contributed by atoms with van der Waals surface area (Å²) >= 11 is 0. The molecule has 0 saturated carbocycles. The van der Waals surface area contributed by atoms with Gasteiger partial charge >= 0.3 is 0 Å². The van der Waals surface area contributed by atoms with Gasteiger partial charge in [-0.05, 0) is 90.7 Å². The fraction of sp³-hybridized carbons (Fsp3) is 0. The Bertz CT molecular complexity index is 2950. The molecule has 10 aromatic rings. The van der Waals surface area contributed by atoms with Gasteiger partial charge in [-0.3, -0.25) is 0 Å². The second-order valence-corrected chi connectivity index (χ2v) is 14.5. The molecule has 0 atom stereocenters. The van der Waals surface area contributed by atoms with Crippen molar-refractivity contribution in [1.82, 2.24) is 15.0 Å². The molecule has 3 nitrogen and oxygen atoms in total. The van der Waals surface area contributed by atoms with E-state index in [1.54, 1.807) is 0 Å². The molecule has 0 radical (unpaired) electrons. The lowest BCUT2D eigenvalue weighted by molar-refractivity contribution is 1.07. The first-order valence-electron chi connectivity index (χ1n) is 19.6. The van der Waals surface area contributed by atoms with Crippen molar-refractivity contribution in [3.63, 3.8) is 0 Å². The second-order valence-electron chi connectivity index (χ2n) is 14.5. The average Bonchev–Trinajstić information content (AvgIpc) is 3.32. The highest BCUT2D eigenvalue weighted by Gasteiger charge is 2.14. The van der Waals surface area contributed by atoms with Crippen LogP contribution in [0.25, 0.3) is 101 Å². The quantitative estimate of drug-likeness (QED) is 0.156. The van der Waals surface area contributed by atoms with Gasteiger partial charge in [-0.25, -0.2) is 15.0 Å². The normalized spacial score (nSPS) is 11.1. The lowest BCUT2D eigenvalue weighted by Crippen LogP contribution is -2.00. The smallest absolute Gasteiger partial charge is 0.164 e. The van der Waals surface area contributed by atoms with Crippen molar-refractivity contribution in [2.24, 2.45) is 0 Å². The number of hydrogen-bond donors (Lipinski definition) is 0. The van der Waals surface area contributed by atoms with Gasteiger partial charge in [0, 0.05) is 16.7 Å². The fourth-order valence-corrected chi connectivity index (χ4v) is 7.71. The minimum Gasteiger partial charge on any atom is -0.208 e. The molecule has 0 aliphatic carbocycles. The predicted molar refractivity (Wildman–Crippen MR) is 241 cm³/mol. The topological polar surface area (TPSA) is 38.7 Å². The molecule has 0 aliphatic rings. The van der Waals surface area contributed by atoms with Crippen molar-refractivity contribution in [2.45, 2.75) is 0 Å². The van der Waals surface area contributed by atoms with Gasteiger partial charge in [0.2, 0.25) is 0 Å². The summed E-state index contributed by atoms with van der Waals surface area (Å²) in [5.74, 6) is 1.93. The minimum absolute atomic E-state index is 0.634. The molecule has 0 amide bonds. The number of fused-ring (bicyclic) bond motifs is 1. The van der Waals surface area contributed by atoms with E-state index in [0.717, 1.165) is 44.5 Å². The molecular weight excluding hydrogens is 703 g/mol. The summed E-state index contributed by atoms with van der Waals surface area (Å²) in [6.07, 6.45) is 0. The molecule has 0 spiro atoms. The summed E-state index contributed by atoms with van der Waals surface area (Å²) < 4.78 is 0. The first-order valence-corrected chi connectivity index (χ1v) is 19.6. The molecule has 58 heavy (non-hydrogen) atoms. The zero-order chi connectivity index (χ0) is 38.7. The van der Waals surface area contributed by atoms with Crippen molar-refractivity contribution in [3.05, 3.63) is 224 Å². The Balaban J connectivity index is 1.01. The third kappa shape index (κ3) is 7.09. The first kappa shape index (κ1) is 34.7. The van der Waals surface area contributed by atoms with E-state index in [0.29, 0.717) is 17.5 Å². The molecule has 0 aliphatic heterocycles. The highest BCUT2D eigenvalue weighted by Crippen LogP contribution is 2.36. The van der Waals surface area contributed by atoms with Crippen molar-refractivity contribution >= 4 is 10.8 Å². The number of aromatic nitrogens is 3. The van der Waals surface area contributed by atoms with Gasteiger partial charge in [-0.2, -0.15) is 0 Å². The van der Waals surface area contributed by atoms with Gasteiger partial charge in [0.1, 0.15) is 0 Å². The van der Waals surface area contributed by atoms with Crippen LogP contribution in [-0.2, 0) is 0 Å². The van der Waals surface area contributed by atoms with Crippen LogP contribution in [0, 0.1) is 0 Å². The molecule has 1 aromatic heterocycles. The number of benzene rings is 9.